The maximum Gasteiger partial charge on any atom is 0.124 e. The second-order valence-electron chi connectivity index (χ2n) is 5.14. The number of hydrogen-bond donors (Lipinski definition) is 1. The van der Waals surface area contributed by atoms with Crippen molar-refractivity contribution in [1.82, 2.24) is 5.32 Å². The van der Waals surface area contributed by atoms with Gasteiger partial charge in [-0.25, -0.2) is 4.39 Å². The van der Waals surface area contributed by atoms with Crippen LogP contribution in [0.2, 0.25) is 5.02 Å². The molecule has 3 heteroatoms. The van der Waals surface area contributed by atoms with Gasteiger partial charge in [-0.1, -0.05) is 41.4 Å². The molecular weight excluding hydrogens is 273 g/mol. The molecule has 1 nitrogen and oxygen atoms in total. The first-order valence-electron chi connectivity index (χ1n) is 6.69. The second kappa shape index (κ2) is 6.38. The lowest BCUT2D eigenvalue weighted by molar-refractivity contribution is 0.586. The van der Waals surface area contributed by atoms with E-state index in [-0.39, 0.29) is 11.9 Å². The van der Waals surface area contributed by atoms with E-state index in [1.54, 1.807) is 6.07 Å². The van der Waals surface area contributed by atoms with Gasteiger partial charge in [0.15, 0.2) is 0 Å². The molecule has 0 fully saturated rings. The third-order valence-corrected chi connectivity index (χ3v) is 3.95. The van der Waals surface area contributed by atoms with Gasteiger partial charge in [0.25, 0.3) is 0 Å². The van der Waals surface area contributed by atoms with Crippen LogP contribution < -0.4 is 5.32 Å². The number of halogens is 2. The molecule has 2 aromatic carbocycles. The van der Waals surface area contributed by atoms with Gasteiger partial charge in [0.05, 0.1) is 0 Å². The number of rotatable bonds is 4. The van der Waals surface area contributed by atoms with Crippen molar-refractivity contribution < 1.29 is 4.39 Å². The zero-order valence-corrected chi connectivity index (χ0v) is 12.8. The highest BCUT2D eigenvalue weighted by Gasteiger charge is 2.14. The summed E-state index contributed by atoms with van der Waals surface area (Å²) < 4.78 is 13.1. The van der Waals surface area contributed by atoms with Gasteiger partial charge >= 0.3 is 0 Å². The Kier molecular flexibility index (Phi) is 4.79. The van der Waals surface area contributed by atoms with Gasteiger partial charge in [-0.15, -0.1) is 0 Å². The lowest BCUT2D eigenvalue weighted by atomic mass is 9.94. The molecule has 20 heavy (non-hydrogen) atoms. The normalized spacial score (nSPS) is 12.4. The monoisotopic (exact) mass is 291 g/mol. The van der Waals surface area contributed by atoms with Crippen LogP contribution in [0.15, 0.2) is 36.4 Å². The average molecular weight is 292 g/mol. The van der Waals surface area contributed by atoms with Crippen molar-refractivity contribution in [3.63, 3.8) is 0 Å². The van der Waals surface area contributed by atoms with Crippen LogP contribution in [0.3, 0.4) is 0 Å². The molecule has 1 N–H and O–H groups in total. The molecule has 0 amide bonds. The molecule has 0 aromatic heterocycles. The molecule has 106 valence electrons. The number of hydrogen-bond acceptors (Lipinski definition) is 1. The zero-order chi connectivity index (χ0) is 14.7. The number of nitrogens with one attached hydrogen (secondary N) is 1. The Morgan fingerprint density at radius 2 is 1.90 bits per heavy atom. The van der Waals surface area contributed by atoms with Crippen molar-refractivity contribution in [2.24, 2.45) is 0 Å². The Morgan fingerprint density at radius 1 is 1.15 bits per heavy atom. The molecule has 0 aliphatic rings. The van der Waals surface area contributed by atoms with Gasteiger partial charge in [0.1, 0.15) is 5.82 Å². The zero-order valence-electron chi connectivity index (χ0n) is 12.0. The van der Waals surface area contributed by atoms with Crippen LogP contribution >= 0.6 is 11.6 Å². The second-order valence-corrected chi connectivity index (χ2v) is 5.55. The van der Waals surface area contributed by atoms with Crippen molar-refractivity contribution in [1.29, 1.82) is 0 Å². The molecular formula is C17H19ClFN. The van der Waals surface area contributed by atoms with Crippen molar-refractivity contribution in [2.75, 3.05) is 7.05 Å². The number of aryl methyl sites for hydroxylation is 2. The lowest BCUT2D eigenvalue weighted by Gasteiger charge is -2.20. The van der Waals surface area contributed by atoms with Gasteiger partial charge in [-0.05, 0) is 56.1 Å². The molecule has 0 spiro atoms. The maximum absolute atomic E-state index is 13.1. The topological polar surface area (TPSA) is 12.0 Å². The summed E-state index contributed by atoms with van der Waals surface area (Å²) in [7, 11) is 1.93. The summed E-state index contributed by atoms with van der Waals surface area (Å²) in [4.78, 5) is 0. The van der Waals surface area contributed by atoms with Gasteiger partial charge in [0, 0.05) is 11.1 Å². The molecule has 2 aromatic rings. The summed E-state index contributed by atoms with van der Waals surface area (Å²) in [6.07, 6.45) is 0.736. The molecule has 2 rings (SSSR count). The van der Waals surface area contributed by atoms with Crippen LogP contribution in [0.1, 0.15) is 28.3 Å². The fourth-order valence-electron chi connectivity index (χ4n) is 2.41. The highest BCUT2D eigenvalue weighted by Crippen LogP contribution is 2.26. The van der Waals surface area contributed by atoms with E-state index in [1.807, 2.05) is 7.05 Å². The van der Waals surface area contributed by atoms with Gasteiger partial charge in [0.2, 0.25) is 0 Å². The molecule has 0 aliphatic carbocycles. The molecule has 0 saturated heterocycles. The van der Waals surface area contributed by atoms with E-state index in [2.05, 4.69) is 37.4 Å². The third-order valence-electron chi connectivity index (χ3n) is 3.60. The predicted octanol–water partition coefficient (Wildman–Crippen LogP) is 4.60. The Hall–Kier alpha value is -1.38. The van der Waals surface area contributed by atoms with Crippen LogP contribution in [0.5, 0.6) is 0 Å². The van der Waals surface area contributed by atoms with Crippen LogP contribution in [0, 0.1) is 19.7 Å². The fourth-order valence-corrected chi connectivity index (χ4v) is 2.65. The van der Waals surface area contributed by atoms with Crippen LogP contribution in [0.4, 0.5) is 4.39 Å². The first-order chi connectivity index (χ1) is 9.51. The first-order valence-corrected chi connectivity index (χ1v) is 7.07. The van der Waals surface area contributed by atoms with E-state index in [0.29, 0.717) is 5.02 Å². The summed E-state index contributed by atoms with van der Waals surface area (Å²) >= 11 is 6.12. The first kappa shape index (κ1) is 15.0. The smallest absolute Gasteiger partial charge is 0.124 e. The molecule has 0 radical (unpaired) electrons. The molecule has 1 unspecified atom stereocenters. The largest absolute Gasteiger partial charge is 0.313 e. The Bertz CT molecular complexity index is 610. The van der Waals surface area contributed by atoms with E-state index in [9.17, 15) is 4.39 Å². The summed E-state index contributed by atoms with van der Waals surface area (Å²) in [5.74, 6) is -0.300. The summed E-state index contributed by atoms with van der Waals surface area (Å²) in [5, 5.41) is 3.81. The Morgan fingerprint density at radius 3 is 2.55 bits per heavy atom. The Labute approximate surface area is 124 Å². The minimum atomic E-state index is -0.300. The number of benzene rings is 2. The minimum Gasteiger partial charge on any atom is -0.313 e. The van der Waals surface area contributed by atoms with Crippen molar-refractivity contribution in [3.8, 4) is 0 Å². The molecule has 0 aliphatic heterocycles. The highest BCUT2D eigenvalue weighted by molar-refractivity contribution is 6.31. The lowest BCUT2D eigenvalue weighted by Crippen LogP contribution is -2.20. The standard InChI is InChI=1S/C17H19ClFN/c1-11-4-5-12(2)15(8-11)17(20-3)9-13-6-7-14(19)10-16(13)18/h4-8,10,17,20H,9H2,1-3H3. The van der Waals surface area contributed by atoms with E-state index in [0.717, 1.165) is 12.0 Å². The number of likely N-dealkylation sites (N-methyl/N-ethyl adjacent to an activating group) is 1. The van der Waals surface area contributed by atoms with Crippen molar-refractivity contribution >= 4 is 11.6 Å². The van der Waals surface area contributed by atoms with Gasteiger partial charge in [-0.2, -0.15) is 0 Å². The van der Waals surface area contributed by atoms with Crippen LogP contribution in [0.25, 0.3) is 0 Å². The van der Waals surface area contributed by atoms with Crippen LogP contribution in [-0.2, 0) is 6.42 Å². The average Bonchev–Trinajstić information content (AvgIpc) is 2.41. The van der Waals surface area contributed by atoms with Crippen molar-refractivity contribution in [3.05, 3.63) is 69.5 Å². The third kappa shape index (κ3) is 3.38. The quantitative estimate of drug-likeness (QED) is 0.868. The highest BCUT2D eigenvalue weighted by atomic mass is 35.5. The van der Waals surface area contributed by atoms with E-state index in [4.69, 9.17) is 11.6 Å². The Balaban J connectivity index is 2.31. The molecule has 1 atom stereocenters. The van der Waals surface area contributed by atoms with Crippen molar-refractivity contribution in [2.45, 2.75) is 26.3 Å². The maximum atomic E-state index is 13.1. The molecule has 0 bridgehead atoms. The molecule has 0 saturated carbocycles. The van der Waals surface area contributed by atoms with E-state index in [1.165, 1.54) is 28.8 Å². The van der Waals surface area contributed by atoms with Gasteiger partial charge < -0.3 is 5.32 Å². The molecule has 0 heterocycles. The van der Waals surface area contributed by atoms with E-state index < -0.39 is 0 Å². The summed E-state index contributed by atoms with van der Waals surface area (Å²) in [6.45, 7) is 4.19. The van der Waals surface area contributed by atoms with Gasteiger partial charge in [-0.3, -0.25) is 0 Å². The minimum absolute atomic E-state index is 0.165. The SMILES string of the molecule is CNC(Cc1ccc(F)cc1Cl)c1cc(C)ccc1C. The van der Waals surface area contributed by atoms with E-state index >= 15 is 0 Å². The summed E-state index contributed by atoms with van der Waals surface area (Å²) in [6, 6.07) is 11.2. The van der Waals surface area contributed by atoms with Crippen LogP contribution in [-0.4, -0.2) is 7.05 Å². The predicted molar refractivity (Wildman–Crippen MR) is 82.8 cm³/mol. The fraction of sp³-hybridized carbons (Fsp3) is 0.294. The summed E-state index contributed by atoms with van der Waals surface area (Å²) in [5.41, 5.74) is 4.69.